The number of nitrogens with zero attached hydrogens (tertiary/aromatic N) is 5. The fraction of sp³-hybridized carbons (Fsp3) is 0.417. The molecule has 4 rings (SSSR count). The molecule has 0 spiro atoms. The number of piperazine rings is 1. The van der Waals surface area contributed by atoms with Crippen LogP contribution in [0.15, 0.2) is 30.5 Å². The summed E-state index contributed by atoms with van der Waals surface area (Å²) in [5.41, 5.74) is 10.4. The topological polar surface area (TPSA) is 108 Å². The lowest BCUT2D eigenvalue weighted by atomic mass is 9.92. The van der Waals surface area contributed by atoms with E-state index in [0.29, 0.717) is 11.4 Å². The number of hydrogen-bond donors (Lipinski definition) is 3. The Bertz CT molecular complexity index is 1070. The molecule has 2 fully saturated rings. The Morgan fingerprint density at radius 1 is 1.21 bits per heavy atom. The van der Waals surface area contributed by atoms with Gasteiger partial charge in [0.25, 0.3) is 0 Å². The number of piperidine rings is 1. The van der Waals surface area contributed by atoms with E-state index in [-0.39, 0.29) is 5.92 Å². The molecular formula is C24H30FN8+. The predicted molar refractivity (Wildman–Crippen MR) is 129 cm³/mol. The van der Waals surface area contributed by atoms with Gasteiger partial charge in [0.05, 0.1) is 24.0 Å². The molecule has 0 bridgehead atoms. The van der Waals surface area contributed by atoms with Gasteiger partial charge in [-0.15, -0.1) is 0 Å². The Balaban J connectivity index is 1.75. The van der Waals surface area contributed by atoms with Gasteiger partial charge in [-0.3, -0.25) is 0 Å². The largest absolute Gasteiger partial charge is 0.370 e. The number of nitrogens with two attached hydrogens (primary N) is 1. The number of rotatable bonds is 5. The number of amidine groups is 1. The lowest BCUT2D eigenvalue weighted by Gasteiger charge is -2.37. The van der Waals surface area contributed by atoms with E-state index >= 15 is 0 Å². The minimum Gasteiger partial charge on any atom is -0.370 e. The second-order valence-electron chi connectivity index (χ2n) is 8.50. The summed E-state index contributed by atoms with van der Waals surface area (Å²) in [6.07, 6.45) is 4.41. The maximum absolute atomic E-state index is 13.5. The van der Waals surface area contributed by atoms with Crippen LogP contribution in [0.2, 0.25) is 0 Å². The lowest BCUT2D eigenvalue weighted by molar-refractivity contribution is -0.366. The van der Waals surface area contributed by atoms with Crippen LogP contribution in [0.1, 0.15) is 18.4 Å². The van der Waals surface area contributed by atoms with Crippen molar-refractivity contribution in [2.24, 2.45) is 11.7 Å². The predicted octanol–water partition coefficient (Wildman–Crippen LogP) is 1.99. The quantitative estimate of drug-likeness (QED) is 0.279. The second-order valence-corrected chi connectivity index (χ2v) is 8.50. The maximum atomic E-state index is 13.5. The number of halogens is 1. The molecule has 2 aliphatic heterocycles. The maximum Gasteiger partial charge on any atom is 0.216 e. The van der Waals surface area contributed by atoms with E-state index in [1.807, 2.05) is 12.1 Å². The van der Waals surface area contributed by atoms with E-state index in [9.17, 15) is 9.65 Å². The zero-order chi connectivity index (χ0) is 23.4. The van der Waals surface area contributed by atoms with Crippen LogP contribution in [-0.4, -0.2) is 68.0 Å². The molecule has 0 radical (unpaired) electrons. The molecule has 33 heavy (non-hydrogen) atoms. The molecule has 8 nitrogen and oxygen atoms in total. The number of anilines is 2. The molecule has 4 N–H and O–H groups in total. The third-order valence-electron chi connectivity index (χ3n) is 6.59. The van der Waals surface area contributed by atoms with E-state index < -0.39 is 5.95 Å². The van der Waals surface area contributed by atoms with Crippen LogP contribution in [-0.2, 0) is 0 Å². The van der Waals surface area contributed by atoms with Gasteiger partial charge in [-0.1, -0.05) is 6.07 Å². The molecule has 2 saturated heterocycles. The van der Waals surface area contributed by atoms with Crippen molar-refractivity contribution < 1.29 is 8.97 Å². The van der Waals surface area contributed by atoms with Gasteiger partial charge in [-0.25, -0.2) is 9.56 Å². The Hall–Kier alpha value is -3.51. The Labute approximate surface area is 193 Å². The van der Waals surface area contributed by atoms with Crippen molar-refractivity contribution in [2.45, 2.75) is 12.8 Å². The van der Waals surface area contributed by atoms with Crippen molar-refractivity contribution in [1.82, 2.24) is 10.3 Å². The van der Waals surface area contributed by atoms with Crippen LogP contribution < -0.4 is 20.9 Å². The first-order valence-corrected chi connectivity index (χ1v) is 11.3. The summed E-state index contributed by atoms with van der Waals surface area (Å²) < 4.78 is 15.2. The summed E-state index contributed by atoms with van der Waals surface area (Å²) in [5, 5.41) is 21.1. The van der Waals surface area contributed by atoms with Crippen molar-refractivity contribution in [3.05, 3.63) is 42.0 Å². The standard InChI is InChI=1S/C24H29FN8/c1-31(16-27)24(28)17-6-10-33(11-7-17)23-19(18-2-5-22(25)30-15-18)3-4-21(20(23)14-26)32-12-8-29-9-13-32/h2-5,15-17,27-29H,6-13H2,1H3/p+1. The number of benzene rings is 1. The zero-order valence-corrected chi connectivity index (χ0v) is 18.9. The highest BCUT2D eigenvalue weighted by Gasteiger charge is 2.29. The molecule has 0 aliphatic carbocycles. The first kappa shape index (κ1) is 22.7. The third-order valence-corrected chi connectivity index (χ3v) is 6.59. The van der Waals surface area contributed by atoms with Crippen LogP contribution in [0.4, 0.5) is 15.8 Å². The summed E-state index contributed by atoms with van der Waals surface area (Å²) in [4.78, 5) is 8.34. The van der Waals surface area contributed by atoms with E-state index in [1.165, 1.54) is 18.6 Å². The lowest BCUT2D eigenvalue weighted by Crippen LogP contribution is -2.44. The molecule has 1 aromatic heterocycles. The van der Waals surface area contributed by atoms with Gasteiger partial charge in [0, 0.05) is 62.5 Å². The molecule has 172 valence electrons. The first-order chi connectivity index (χ1) is 16.0. The van der Waals surface area contributed by atoms with Crippen LogP contribution >= 0.6 is 0 Å². The number of hydrogen-bond acceptors (Lipinski definition) is 6. The van der Waals surface area contributed by atoms with Gasteiger partial charge in [-0.05, 0) is 31.0 Å². The number of nitriles is 1. The van der Waals surface area contributed by atoms with Gasteiger partial charge in [-0.2, -0.15) is 15.1 Å². The van der Waals surface area contributed by atoms with Crippen LogP contribution in [0, 0.1) is 28.6 Å². The van der Waals surface area contributed by atoms with Crippen LogP contribution in [0.5, 0.6) is 0 Å². The summed E-state index contributed by atoms with van der Waals surface area (Å²) in [5.74, 6) is 0.355. The average molecular weight is 450 g/mol. The summed E-state index contributed by atoms with van der Waals surface area (Å²) in [7, 11) is 1.79. The Morgan fingerprint density at radius 2 is 1.94 bits per heavy atom. The highest BCUT2D eigenvalue weighted by atomic mass is 19.1. The molecule has 0 atom stereocenters. The molecule has 3 heterocycles. The number of pyridine rings is 1. The molecule has 2 aromatic rings. The molecule has 1 aromatic carbocycles. The highest BCUT2D eigenvalue weighted by Crippen LogP contribution is 2.40. The highest BCUT2D eigenvalue weighted by molar-refractivity contribution is 5.88. The molecule has 0 amide bonds. The summed E-state index contributed by atoms with van der Waals surface area (Å²) in [6.45, 7) is 4.91. The molecule has 9 heteroatoms. The van der Waals surface area contributed by atoms with Crippen molar-refractivity contribution in [3.63, 3.8) is 0 Å². The fourth-order valence-corrected chi connectivity index (χ4v) is 4.72. The number of aromatic nitrogens is 1. The van der Waals surface area contributed by atoms with E-state index in [4.69, 9.17) is 11.1 Å². The minimum atomic E-state index is -0.527. The fourth-order valence-electron chi connectivity index (χ4n) is 4.72. The van der Waals surface area contributed by atoms with Crippen molar-refractivity contribution in [3.8, 4) is 17.2 Å². The zero-order valence-electron chi connectivity index (χ0n) is 18.9. The van der Waals surface area contributed by atoms with Crippen molar-refractivity contribution >= 4 is 23.5 Å². The summed E-state index contributed by atoms with van der Waals surface area (Å²) in [6, 6.07) is 9.57. The smallest absolute Gasteiger partial charge is 0.216 e. The average Bonchev–Trinajstić information content (AvgIpc) is 2.88. The van der Waals surface area contributed by atoms with Crippen molar-refractivity contribution in [2.75, 3.05) is 56.1 Å². The normalized spacial score (nSPS) is 18.0. The van der Waals surface area contributed by atoms with Crippen molar-refractivity contribution in [1.29, 1.82) is 10.7 Å². The van der Waals surface area contributed by atoms with Gasteiger partial charge in [0.1, 0.15) is 6.07 Å². The van der Waals surface area contributed by atoms with E-state index in [2.05, 4.69) is 26.2 Å². The summed E-state index contributed by atoms with van der Waals surface area (Å²) >= 11 is 0. The SMILES string of the molecule is C[N+](C=N)=C(N)C1CCN(c2c(-c3ccc(F)nc3)ccc(N3CCNCC3)c2C#N)CC1. The molecule has 0 unspecified atom stereocenters. The van der Waals surface area contributed by atoms with Crippen LogP contribution in [0.25, 0.3) is 11.1 Å². The monoisotopic (exact) mass is 449 g/mol. The number of nitrogens with one attached hydrogen (secondary N) is 2. The van der Waals surface area contributed by atoms with Gasteiger partial charge >= 0.3 is 0 Å². The first-order valence-electron chi connectivity index (χ1n) is 11.3. The Kier molecular flexibility index (Phi) is 6.84. The molecule has 2 aliphatic rings. The van der Waals surface area contributed by atoms with Crippen LogP contribution in [0.3, 0.4) is 0 Å². The molecule has 0 saturated carbocycles. The van der Waals surface area contributed by atoms with Gasteiger partial charge in [0.2, 0.25) is 12.3 Å². The molecular weight excluding hydrogens is 419 g/mol. The van der Waals surface area contributed by atoms with E-state index in [1.54, 1.807) is 17.7 Å². The Morgan fingerprint density at radius 3 is 2.55 bits per heavy atom. The third kappa shape index (κ3) is 4.66. The van der Waals surface area contributed by atoms with Gasteiger partial charge in [0.15, 0.2) is 5.84 Å². The van der Waals surface area contributed by atoms with Gasteiger partial charge < -0.3 is 20.9 Å². The van der Waals surface area contributed by atoms with E-state index in [0.717, 1.165) is 74.6 Å². The second kappa shape index (κ2) is 9.96. The minimum absolute atomic E-state index is 0.186.